The number of nitrogens with zero attached hydrogens (tertiary/aromatic N) is 1. The molecule has 32 heavy (non-hydrogen) atoms. The van der Waals surface area contributed by atoms with Crippen LogP contribution in [0.15, 0.2) is 71.6 Å². The van der Waals surface area contributed by atoms with E-state index in [1.54, 1.807) is 55.5 Å². The summed E-state index contributed by atoms with van der Waals surface area (Å²) in [6, 6.07) is 17.7. The van der Waals surface area contributed by atoms with Crippen LogP contribution in [0.5, 0.6) is 11.5 Å². The number of anilines is 2. The number of carbonyl (C=O) groups excluding carboxylic acids is 1. The van der Waals surface area contributed by atoms with Gasteiger partial charge in [0.25, 0.3) is 10.0 Å². The van der Waals surface area contributed by atoms with Crippen molar-refractivity contribution in [3.63, 3.8) is 0 Å². The zero-order chi connectivity index (χ0) is 23.3. The first kappa shape index (κ1) is 23.4. The lowest BCUT2D eigenvalue weighted by atomic mass is 10.2. The van der Waals surface area contributed by atoms with Gasteiger partial charge in [-0.05, 0) is 55.0 Å². The Labute approximate surface area is 192 Å². The number of hydrogen-bond acceptors (Lipinski definition) is 5. The number of methoxy groups -OCH3 is 2. The highest BCUT2D eigenvalue weighted by molar-refractivity contribution is 7.92. The molecule has 0 saturated heterocycles. The molecule has 3 aromatic carbocycles. The monoisotopic (exact) mass is 474 g/mol. The molecule has 168 valence electrons. The standard InChI is InChI=1S/C23H23ClN2O5S/c1-16-13-17(24)9-11-20(16)25-23(27)15-26(18-7-5-4-6-8-18)32(28,29)19-10-12-21(30-2)22(14-19)31-3/h4-14H,15H2,1-3H3,(H,25,27). The number of carbonyl (C=O) groups is 1. The Bertz CT molecular complexity index is 1220. The molecule has 3 rings (SSSR count). The highest BCUT2D eigenvalue weighted by Crippen LogP contribution is 2.32. The first-order valence-corrected chi connectivity index (χ1v) is 11.4. The average Bonchev–Trinajstić information content (AvgIpc) is 2.79. The summed E-state index contributed by atoms with van der Waals surface area (Å²) in [5.74, 6) is 0.167. The lowest BCUT2D eigenvalue weighted by Gasteiger charge is -2.24. The molecular weight excluding hydrogens is 452 g/mol. The Morgan fingerprint density at radius 2 is 1.66 bits per heavy atom. The third kappa shape index (κ3) is 5.15. The molecule has 9 heteroatoms. The van der Waals surface area contributed by atoms with E-state index in [9.17, 15) is 13.2 Å². The van der Waals surface area contributed by atoms with E-state index in [1.807, 2.05) is 0 Å². The fraction of sp³-hybridized carbons (Fsp3) is 0.174. The zero-order valence-electron chi connectivity index (χ0n) is 17.8. The SMILES string of the molecule is COc1ccc(S(=O)(=O)N(CC(=O)Nc2ccc(Cl)cc2C)c2ccccc2)cc1OC. The van der Waals surface area contributed by atoms with Crippen LogP contribution in [-0.2, 0) is 14.8 Å². The van der Waals surface area contributed by atoms with E-state index in [1.165, 1.54) is 32.4 Å². The number of benzene rings is 3. The average molecular weight is 475 g/mol. The minimum atomic E-state index is -4.10. The Kier molecular flexibility index (Phi) is 7.27. The first-order chi connectivity index (χ1) is 15.3. The lowest BCUT2D eigenvalue weighted by Crippen LogP contribution is -2.38. The third-order valence-electron chi connectivity index (χ3n) is 4.74. The molecule has 0 unspecified atom stereocenters. The number of aryl methyl sites for hydroxylation is 1. The van der Waals surface area contributed by atoms with Crippen molar-refractivity contribution in [3.8, 4) is 11.5 Å². The van der Waals surface area contributed by atoms with Gasteiger partial charge in [0, 0.05) is 16.8 Å². The van der Waals surface area contributed by atoms with Crippen LogP contribution < -0.4 is 19.1 Å². The number of ether oxygens (including phenoxy) is 2. The minimum Gasteiger partial charge on any atom is -0.493 e. The number of rotatable bonds is 8. The van der Waals surface area contributed by atoms with Crippen molar-refractivity contribution in [2.45, 2.75) is 11.8 Å². The number of nitrogens with one attached hydrogen (secondary N) is 1. The Hall–Kier alpha value is -3.23. The van der Waals surface area contributed by atoms with Gasteiger partial charge in [0.1, 0.15) is 6.54 Å². The molecule has 7 nitrogen and oxygen atoms in total. The van der Waals surface area contributed by atoms with Gasteiger partial charge in [0.2, 0.25) is 5.91 Å². The fourth-order valence-corrected chi connectivity index (χ4v) is 4.76. The van der Waals surface area contributed by atoms with Gasteiger partial charge in [-0.15, -0.1) is 0 Å². The minimum absolute atomic E-state index is 0.0329. The first-order valence-electron chi connectivity index (χ1n) is 9.62. The second-order valence-electron chi connectivity index (χ2n) is 6.87. The summed E-state index contributed by atoms with van der Waals surface area (Å²) >= 11 is 5.97. The number of amides is 1. The van der Waals surface area contributed by atoms with Crippen LogP contribution in [0.1, 0.15) is 5.56 Å². The van der Waals surface area contributed by atoms with Gasteiger partial charge in [0.05, 0.1) is 24.8 Å². The zero-order valence-corrected chi connectivity index (χ0v) is 19.4. The van der Waals surface area contributed by atoms with E-state index in [-0.39, 0.29) is 10.6 Å². The number of halogens is 1. The van der Waals surface area contributed by atoms with Gasteiger partial charge < -0.3 is 14.8 Å². The van der Waals surface area contributed by atoms with Gasteiger partial charge in [-0.2, -0.15) is 0 Å². The van der Waals surface area contributed by atoms with E-state index < -0.39 is 22.5 Å². The molecule has 0 aromatic heterocycles. The second-order valence-corrected chi connectivity index (χ2v) is 9.17. The molecule has 0 radical (unpaired) electrons. The maximum Gasteiger partial charge on any atom is 0.264 e. The highest BCUT2D eigenvalue weighted by atomic mass is 35.5. The molecule has 0 atom stereocenters. The van der Waals surface area contributed by atoms with Crippen molar-refractivity contribution in [1.29, 1.82) is 0 Å². The molecule has 1 amide bonds. The smallest absolute Gasteiger partial charge is 0.264 e. The Morgan fingerprint density at radius 1 is 0.969 bits per heavy atom. The van der Waals surface area contributed by atoms with E-state index in [0.717, 1.165) is 9.87 Å². The van der Waals surface area contributed by atoms with E-state index in [2.05, 4.69) is 5.32 Å². The lowest BCUT2D eigenvalue weighted by molar-refractivity contribution is -0.114. The van der Waals surface area contributed by atoms with Crippen molar-refractivity contribution >= 4 is 38.9 Å². The van der Waals surface area contributed by atoms with Crippen LogP contribution >= 0.6 is 11.6 Å². The van der Waals surface area contributed by atoms with Crippen molar-refractivity contribution in [3.05, 3.63) is 77.3 Å². The van der Waals surface area contributed by atoms with Crippen molar-refractivity contribution in [1.82, 2.24) is 0 Å². The van der Waals surface area contributed by atoms with Gasteiger partial charge >= 0.3 is 0 Å². The van der Waals surface area contributed by atoms with Gasteiger partial charge in [0.15, 0.2) is 11.5 Å². The maximum absolute atomic E-state index is 13.5. The molecule has 0 aliphatic rings. The van der Waals surface area contributed by atoms with E-state index >= 15 is 0 Å². The van der Waals surface area contributed by atoms with Crippen LogP contribution in [-0.4, -0.2) is 35.1 Å². The normalized spacial score (nSPS) is 11.0. The molecule has 1 N–H and O–H groups in total. The number of sulfonamides is 1. The summed E-state index contributed by atoms with van der Waals surface area (Å²) in [7, 11) is -1.21. The molecule has 0 spiro atoms. The fourth-order valence-electron chi connectivity index (χ4n) is 3.10. The molecule has 0 heterocycles. The predicted molar refractivity (Wildman–Crippen MR) is 125 cm³/mol. The Morgan fingerprint density at radius 3 is 2.28 bits per heavy atom. The van der Waals surface area contributed by atoms with E-state index in [0.29, 0.717) is 22.1 Å². The van der Waals surface area contributed by atoms with Crippen LogP contribution in [0.2, 0.25) is 5.02 Å². The Balaban J connectivity index is 1.96. The molecule has 0 aliphatic heterocycles. The van der Waals surface area contributed by atoms with E-state index in [4.69, 9.17) is 21.1 Å². The topological polar surface area (TPSA) is 84.9 Å². The molecule has 3 aromatic rings. The van der Waals surface area contributed by atoms with Gasteiger partial charge in [-0.25, -0.2) is 8.42 Å². The van der Waals surface area contributed by atoms with Crippen molar-refractivity contribution < 1.29 is 22.7 Å². The predicted octanol–water partition coefficient (Wildman–Crippen LogP) is 4.50. The van der Waals surface area contributed by atoms with Crippen LogP contribution in [0.4, 0.5) is 11.4 Å². The van der Waals surface area contributed by atoms with Crippen molar-refractivity contribution in [2.24, 2.45) is 0 Å². The highest BCUT2D eigenvalue weighted by Gasteiger charge is 2.28. The molecule has 0 saturated carbocycles. The van der Waals surface area contributed by atoms with Gasteiger partial charge in [-0.3, -0.25) is 9.10 Å². The molecule has 0 bridgehead atoms. The molecule has 0 aliphatic carbocycles. The largest absolute Gasteiger partial charge is 0.493 e. The van der Waals surface area contributed by atoms with Crippen LogP contribution in [0.3, 0.4) is 0 Å². The molecule has 0 fully saturated rings. The number of hydrogen-bond donors (Lipinski definition) is 1. The summed E-state index contributed by atoms with van der Waals surface area (Å²) in [4.78, 5) is 12.8. The summed E-state index contributed by atoms with van der Waals surface area (Å²) < 4.78 is 38.5. The van der Waals surface area contributed by atoms with Crippen molar-refractivity contribution in [2.75, 3.05) is 30.4 Å². The summed E-state index contributed by atoms with van der Waals surface area (Å²) in [5.41, 5.74) is 1.67. The summed E-state index contributed by atoms with van der Waals surface area (Å²) in [6.45, 7) is 1.37. The van der Waals surface area contributed by atoms with Crippen LogP contribution in [0.25, 0.3) is 0 Å². The number of para-hydroxylation sites is 1. The summed E-state index contributed by atoms with van der Waals surface area (Å²) in [5, 5.41) is 3.30. The molecular formula is C23H23ClN2O5S. The summed E-state index contributed by atoms with van der Waals surface area (Å²) in [6.07, 6.45) is 0. The van der Waals surface area contributed by atoms with Gasteiger partial charge in [-0.1, -0.05) is 29.8 Å². The maximum atomic E-state index is 13.5. The quantitative estimate of drug-likeness (QED) is 0.519. The third-order valence-corrected chi connectivity index (χ3v) is 6.74. The second kappa shape index (κ2) is 9.93. The van der Waals surface area contributed by atoms with Crippen LogP contribution in [0, 0.1) is 6.92 Å².